The van der Waals surface area contributed by atoms with E-state index >= 15 is 0 Å². The molecule has 20 heavy (non-hydrogen) atoms. The summed E-state index contributed by atoms with van der Waals surface area (Å²) in [6.07, 6.45) is 2.14. The summed E-state index contributed by atoms with van der Waals surface area (Å²) in [6, 6.07) is 8.89. The average molecular weight is 274 g/mol. The van der Waals surface area contributed by atoms with E-state index in [1.54, 1.807) is 44.2 Å². The van der Waals surface area contributed by atoms with Crippen LogP contribution in [0.2, 0.25) is 0 Å². The SMILES string of the molecule is CC1=CCC(C(=O)O)(c2ccccc2)CC1(C)C(=O)O. The van der Waals surface area contributed by atoms with Crippen LogP contribution in [0.4, 0.5) is 0 Å². The van der Waals surface area contributed by atoms with Crippen molar-refractivity contribution < 1.29 is 19.8 Å². The highest BCUT2D eigenvalue weighted by Crippen LogP contribution is 2.48. The molecule has 1 aliphatic carbocycles. The molecule has 0 spiro atoms. The van der Waals surface area contributed by atoms with Crippen molar-refractivity contribution in [1.29, 1.82) is 0 Å². The van der Waals surface area contributed by atoms with Gasteiger partial charge in [0.2, 0.25) is 0 Å². The van der Waals surface area contributed by atoms with Crippen LogP contribution in [0.1, 0.15) is 32.3 Å². The Balaban J connectivity index is 2.58. The maximum atomic E-state index is 11.9. The molecule has 1 aromatic rings. The standard InChI is InChI=1S/C16H18O4/c1-11-8-9-16(14(19)20,10-15(11,2)13(17)18)12-6-4-3-5-7-12/h3-8H,9-10H2,1-2H3,(H,17,18)(H,19,20). The fourth-order valence-corrected chi connectivity index (χ4v) is 2.88. The molecule has 0 aliphatic heterocycles. The van der Waals surface area contributed by atoms with Gasteiger partial charge < -0.3 is 10.2 Å². The minimum Gasteiger partial charge on any atom is -0.481 e. The molecule has 4 heteroatoms. The molecule has 0 heterocycles. The second-order valence-corrected chi connectivity index (χ2v) is 5.66. The summed E-state index contributed by atoms with van der Waals surface area (Å²) in [5.74, 6) is -1.95. The topological polar surface area (TPSA) is 74.6 Å². The van der Waals surface area contributed by atoms with Crippen LogP contribution in [0.3, 0.4) is 0 Å². The van der Waals surface area contributed by atoms with Crippen LogP contribution in [0, 0.1) is 5.41 Å². The summed E-state index contributed by atoms with van der Waals surface area (Å²) in [5.41, 5.74) is -0.943. The average Bonchev–Trinajstić information content (AvgIpc) is 2.42. The number of carbonyl (C=O) groups is 2. The summed E-state index contributed by atoms with van der Waals surface area (Å²) < 4.78 is 0. The molecule has 0 fully saturated rings. The maximum Gasteiger partial charge on any atom is 0.314 e. The number of hydrogen-bond donors (Lipinski definition) is 2. The third-order valence-electron chi connectivity index (χ3n) is 4.49. The van der Waals surface area contributed by atoms with Crippen LogP contribution in [0.25, 0.3) is 0 Å². The normalized spacial score (nSPS) is 29.6. The van der Waals surface area contributed by atoms with Gasteiger partial charge in [0.25, 0.3) is 0 Å². The van der Waals surface area contributed by atoms with Gasteiger partial charge in [0.05, 0.1) is 10.8 Å². The Morgan fingerprint density at radius 1 is 1.10 bits per heavy atom. The van der Waals surface area contributed by atoms with Gasteiger partial charge in [-0.25, -0.2) is 0 Å². The third-order valence-corrected chi connectivity index (χ3v) is 4.49. The number of carboxylic acids is 2. The van der Waals surface area contributed by atoms with Gasteiger partial charge in [-0.15, -0.1) is 0 Å². The van der Waals surface area contributed by atoms with E-state index in [0.29, 0.717) is 12.0 Å². The lowest BCUT2D eigenvalue weighted by atomic mass is 9.60. The number of carboxylic acid groups (broad SMARTS) is 2. The van der Waals surface area contributed by atoms with Gasteiger partial charge in [0.15, 0.2) is 0 Å². The van der Waals surface area contributed by atoms with E-state index in [4.69, 9.17) is 0 Å². The molecule has 0 bridgehead atoms. The van der Waals surface area contributed by atoms with Gasteiger partial charge in [-0.2, -0.15) is 0 Å². The Kier molecular flexibility index (Phi) is 3.42. The minimum atomic E-state index is -1.17. The lowest BCUT2D eigenvalue weighted by Crippen LogP contribution is -2.46. The first kappa shape index (κ1) is 14.3. The van der Waals surface area contributed by atoms with Crippen molar-refractivity contribution >= 4 is 11.9 Å². The van der Waals surface area contributed by atoms with Crippen LogP contribution in [-0.2, 0) is 15.0 Å². The lowest BCUT2D eigenvalue weighted by molar-refractivity contribution is -0.151. The lowest BCUT2D eigenvalue weighted by Gasteiger charge is -2.41. The monoisotopic (exact) mass is 274 g/mol. The molecule has 0 amide bonds. The molecule has 2 unspecified atom stereocenters. The van der Waals surface area contributed by atoms with Crippen molar-refractivity contribution in [1.82, 2.24) is 0 Å². The van der Waals surface area contributed by atoms with Gasteiger partial charge in [0.1, 0.15) is 0 Å². The van der Waals surface area contributed by atoms with Crippen molar-refractivity contribution in [3.05, 3.63) is 47.5 Å². The van der Waals surface area contributed by atoms with E-state index in [1.807, 2.05) is 6.07 Å². The summed E-state index contributed by atoms with van der Waals surface area (Å²) in [5, 5.41) is 19.2. The Bertz CT molecular complexity index is 575. The summed E-state index contributed by atoms with van der Waals surface area (Å²) in [7, 11) is 0. The van der Waals surface area contributed by atoms with Crippen LogP contribution >= 0.6 is 0 Å². The second-order valence-electron chi connectivity index (χ2n) is 5.66. The van der Waals surface area contributed by atoms with Gasteiger partial charge in [-0.3, -0.25) is 9.59 Å². The van der Waals surface area contributed by atoms with Crippen molar-refractivity contribution in [2.45, 2.75) is 32.1 Å². The van der Waals surface area contributed by atoms with Crippen LogP contribution in [-0.4, -0.2) is 22.2 Å². The van der Waals surface area contributed by atoms with Gasteiger partial charge in [-0.1, -0.05) is 42.0 Å². The number of benzene rings is 1. The Labute approximate surface area is 117 Å². The molecule has 0 aromatic heterocycles. The maximum absolute atomic E-state index is 11.9. The third kappa shape index (κ3) is 2.01. The summed E-state index contributed by atoms with van der Waals surface area (Å²) in [6.45, 7) is 3.35. The Morgan fingerprint density at radius 2 is 1.70 bits per heavy atom. The Morgan fingerprint density at radius 3 is 2.20 bits per heavy atom. The number of rotatable bonds is 3. The molecule has 0 saturated heterocycles. The highest BCUT2D eigenvalue weighted by molar-refractivity contribution is 5.86. The predicted octanol–water partition coefficient (Wildman–Crippen LogP) is 2.84. The van der Waals surface area contributed by atoms with E-state index in [1.165, 1.54) is 0 Å². The first-order valence-electron chi connectivity index (χ1n) is 6.52. The molecule has 2 rings (SSSR count). The summed E-state index contributed by atoms with van der Waals surface area (Å²) >= 11 is 0. The second kappa shape index (κ2) is 4.78. The molecule has 1 aliphatic rings. The van der Waals surface area contributed by atoms with Crippen LogP contribution in [0.15, 0.2) is 42.0 Å². The number of aliphatic carboxylic acids is 2. The van der Waals surface area contributed by atoms with Crippen molar-refractivity contribution in [3.63, 3.8) is 0 Å². The van der Waals surface area contributed by atoms with E-state index in [0.717, 1.165) is 5.57 Å². The van der Waals surface area contributed by atoms with Crippen molar-refractivity contribution in [2.75, 3.05) is 0 Å². The first-order valence-corrected chi connectivity index (χ1v) is 6.52. The zero-order valence-corrected chi connectivity index (χ0v) is 11.6. The highest BCUT2D eigenvalue weighted by atomic mass is 16.4. The van der Waals surface area contributed by atoms with Crippen molar-refractivity contribution in [3.8, 4) is 0 Å². The molecule has 0 saturated carbocycles. The molecule has 106 valence electrons. The molecule has 4 nitrogen and oxygen atoms in total. The fourth-order valence-electron chi connectivity index (χ4n) is 2.88. The quantitative estimate of drug-likeness (QED) is 0.831. The number of hydrogen-bond acceptors (Lipinski definition) is 2. The highest BCUT2D eigenvalue weighted by Gasteiger charge is 2.51. The summed E-state index contributed by atoms with van der Waals surface area (Å²) in [4.78, 5) is 23.5. The van der Waals surface area contributed by atoms with Gasteiger partial charge in [-0.05, 0) is 32.3 Å². The smallest absolute Gasteiger partial charge is 0.314 e. The van der Waals surface area contributed by atoms with E-state index in [2.05, 4.69) is 0 Å². The van der Waals surface area contributed by atoms with Crippen LogP contribution in [0.5, 0.6) is 0 Å². The zero-order chi connectivity index (χ0) is 15.0. The van der Waals surface area contributed by atoms with E-state index < -0.39 is 22.8 Å². The van der Waals surface area contributed by atoms with E-state index in [9.17, 15) is 19.8 Å². The first-order chi connectivity index (χ1) is 9.33. The molecule has 0 radical (unpaired) electrons. The van der Waals surface area contributed by atoms with Crippen LogP contribution < -0.4 is 0 Å². The number of allylic oxidation sites excluding steroid dienone is 1. The zero-order valence-electron chi connectivity index (χ0n) is 11.6. The van der Waals surface area contributed by atoms with Gasteiger partial charge in [0, 0.05) is 0 Å². The Hall–Kier alpha value is -2.10. The van der Waals surface area contributed by atoms with Crippen molar-refractivity contribution in [2.24, 2.45) is 5.41 Å². The minimum absolute atomic E-state index is 0.0665. The molecule has 2 N–H and O–H groups in total. The molecular weight excluding hydrogens is 256 g/mol. The predicted molar refractivity (Wildman–Crippen MR) is 74.5 cm³/mol. The fraction of sp³-hybridized carbons (Fsp3) is 0.375. The molecule has 1 aromatic carbocycles. The molecule has 2 atom stereocenters. The van der Waals surface area contributed by atoms with E-state index in [-0.39, 0.29) is 6.42 Å². The largest absolute Gasteiger partial charge is 0.481 e. The van der Waals surface area contributed by atoms with Gasteiger partial charge >= 0.3 is 11.9 Å². The molecular formula is C16H18O4.